The zero-order valence-corrected chi connectivity index (χ0v) is 14.0. The van der Waals surface area contributed by atoms with Crippen LogP contribution in [0.25, 0.3) is 0 Å². The largest absolute Gasteiger partial charge is 0.493 e. The van der Waals surface area contributed by atoms with Crippen LogP contribution in [-0.4, -0.2) is 30.1 Å². The van der Waals surface area contributed by atoms with Crippen LogP contribution in [0.15, 0.2) is 30.3 Å². The number of ether oxygens (including phenoxy) is 2. The molecule has 2 amide bonds. The number of carbonyl (C=O) groups excluding carboxylic acids is 2. The minimum atomic E-state index is -0.564. The Kier molecular flexibility index (Phi) is 5.47. The van der Waals surface area contributed by atoms with Crippen molar-refractivity contribution in [3.8, 4) is 11.5 Å². The molecule has 0 atom stereocenters. The van der Waals surface area contributed by atoms with E-state index in [9.17, 15) is 9.59 Å². The number of rotatable bonds is 7. The first-order chi connectivity index (χ1) is 11.4. The standard InChI is InChI=1S/C17H21N3O4/c1-11-4-6-13(20(11)2)17(22)19-9-12-5-7-14(15(8-12)23-3)24-10-16(18)21/h4-8H,9-10H2,1-3H3,(H2,18,21)(H,19,22). The Morgan fingerprint density at radius 3 is 2.54 bits per heavy atom. The van der Waals surface area contributed by atoms with Gasteiger partial charge in [-0.3, -0.25) is 9.59 Å². The number of aromatic nitrogens is 1. The molecule has 0 fully saturated rings. The van der Waals surface area contributed by atoms with E-state index in [4.69, 9.17) is 15.2 Å². The SMILES string of the molecule is COc1cc(CNC(=O)c2ccc(C)n2C)ccc1OCC(N)=O. The molecule has 24 heavy (non-hydrogen) atoms. The number of benzene rings is 1. The monoisotopic (exact) mass is 331 g/mol. The Hall–Kier alpha value is -2.96. The van der Waals surface area contributed by atoms with Crippen LogP contribution in [0.3, 0.4) is 0 Å². The molecule has 7 nitrogen and oxygen atoms in total. The molecule has 0 radical (unpaired) electrons. The number of nitrogens with zero attached hydrogens (tertiary/aromatic N) is 1. The second kappa shape index (κ2) is 7.54. The van der Waals surface area contributed by atoms with Crippen LogP contribution in [0.1, 0.15) is 21.7 Å². The average molecular weight is 331 g/mol. The highest BCUT2D eigenvalue weighted by molar-refractivity contribution is 5.92. The quantitative estimate of drug-likeness (QED) is 0.795. The van der Waals surface area contributed by atoms with Gasteiger partial charge >= 0.3 is 0 Å². The van der Waals surface area contributed by atoms with Gasteiger partial charge in [0.15, 0.2) is 18.1 Å². The van der Waals surface area contributed by atoms with E-state index in [1.807, 2.05) is 24.6 Å². The summed E-state index contributed by atoms with van der Waals surface area (Å²) in [6.07, 6.45) is 0. The Labute approximate surface area is 140 Å². The molecule has 128 valence electrons. The predicted molar refractivity (Wildman–Crippen MR) is 89.0 cm³/mol. The van der Waals surface area contributed by atoms with Gasteiger partial charge in [0.05, 0.1) is 7.11 Å². The number of primary amides is 1. The van der Waals surface area contributed by atoms with Gasteiger partial charge in [-0.1, -0.05) is 6.07 Å². The topological polar surface area (TPSA) is 95.6 Å². The van der Waals surface area contributed by atoms with Crippen molar-refractivity contribution in [2.45, 2.75) is 13.5 Å². The van der Waals surface area contributed by atoms with Crippen molar-refractivity contribution >= 4 is 11.8 Å². The van der Waals surface area contributed by atoms with Gasteiger partial charge in [0.25, 0.3) is 11.8 Å². The molecule has 0 spiro atoms. The zero-order chi connectivity index (χ0) is 17.7. The summed E-state index contributed by atoms with van der Waals surface area (Å²) in [6, 6.07) is 8.88. The molecular weight excluding hydrogens is 310 g/mol. The summed E-state index contributed by atoms with van der Waals surface area (Å²) >= 11 is 0. The van der Waals surface area contributed by atoms with E-state index in [2.05, 4.69) is 5.32 Å². The second-order valence-electron chi connectivity index (χ2n) is 5.34. The van der Waals surface area contributed by atoms with Crippen LogP contribution < -0.4 is 20.5 Å². The van der Waals surface area contributed by atoms with E-state index >= 15 is 0 Å². The Bertz CT molecular complexity index is 752. The molecule has 3 N–H and O–H groups in total. The van der Waals surface area contributed by atoms with Gasteiger partial charge in [-0.05, 0) is 36.8 Å². The Morgan fingerprint density at radius 2 is 1.96 bits per heavy atom. The van der Waals surface area contributed by atoms with Gasteiger partial charge in [0.2, 0.25) is 0 Å². The van der Waals surface area contributed by atoms with Crippen molar-refractivity contribution in [1.82, 2.24) is 9.88 Å². The fraction of sp³-hybridized carbons (Fsp3) is 0.294. The minimum absolute atomic E-state index is 0.154. The molecule has 0 aliphatic rings. The normalized spacial score (nSPS) is 10.3. The number of methoxy groups -OCH3 is 1. The zero-order valence-electron chi connectivity index (χ0n) is 14.0. The van der Waals surface area contributed by atoms with Gasteiger partial charge in [-0.25, -0.2) is 0 Å². The fourth-order valence-electron chi connectivity index (χ4n) is 2.20. The lowest BCUT2D eigenvalue weighted by atomic mass is 10.2. The van der Waals surface area contributed by atoms with Crippen molar-refractivity contribution < 1.29 is 19.1 Å². The third kappa shape index (κ3) is 4.07. The van der Waals surface area contributed by atoms with E-state index in [-0.39, 0.29) is 12.5 Å². The second-order valence-corrected chi connectivity index (χ2v) is 5.34. The van der Waals surface area contributed by atoms with E-state index < -0.39 is 5.91 Å². The van der Waals surface area contributed by atoms with Crippen molar-refractivity contribution in [2.24, 2.45) is 12.8 Å². The minimum Gasteiger partial charge on any atom is -0.493 e. The third-order valence-electron chi connectivity index (χ3n) is 3.66. The Balaban J connectivity index is 2.03. The van der Waals surface area contributed by atoms with Gasteiger partial charge in [-0.2, -0.15) is 0 Å². The summed E-state index contributed by atoms with van der Waals surface area (Å²) < 4.78 is 12.3. The molecule has 2 rings (SSSR count). The van der Waals surface area contributed by atoms with E-state index in [0.717, 1.165) is 11.3 Å². The van der Waals surface area contributed by atoms with Gasteiger partial charge < -0.3 is 25.1 Å². The van der Waals surface area contributed by atoms with Gasteiger partial charge in [-0.15, -0.1) is 0 Å². The molecule has 1 aromatic heterocycles. The summed E-state index contributed by atoms with van der Waals surface area (Å²) in [7, 11) is 3.35. The third-order valence-corrected chi connectivity index (χ3v) is 3.66. The number of nitrogens with two attached hydrogens (primary N) is 1. The van der Waals surface area contributed by atoms with E-state index in [1.165, 1.54) is 7.11 Å². The van der Waals surface area contributed by atoms with Crippen molar-refractivity contribution in [1.29, 1.82) is 0 Å². The smallest absolute Gasteiger partial charge is 0.268 e. The fourth-order valence-corrected chi connectivity index (χ4v) is 2.20. The van der Waals surface area contributed by atoms with E-state index in [1.54, 1.807) is 24.3 Å². The lowest BCUT2D eigenvalue weighted by molar-refractivity contribution is -0.119. The summed E-state index contributed by atoms with van der Waals surface area (Å²) in [6.45, 7) is 2.06. The molecule has 0 saturated carbocycles. The van der Waals surface area contributed by atoms with Crippen LogP contribution in [0.5, 0.6) is 11.5 Å². The van der Waals surface area contributed by atoms with Gasteiger partial charge in [0, 0.05) is 19.3 Å². The highest BCUT2D eigenvalue weighted by atomic mass is 16.5. The molecule has 1 heterocycles. The average Bonchev–Trinajstić information content (AvgIpc) is 2.90. The summed E-state index contributed by atoms with van der Waals surface area (Å²) in [5.41, 5.74) is 7.51. The van der Waals surface area contributed by atoms with Crippen molar-refractivity contribution in [3.63, 3.8) is 0 Å². The molecule has 1 aromatic carbocycles. The van der Waals surface area contributed by atoms with Crippen molar-refractivity contribution in [2.75, 3.05) is 13.7 Å². The first-order valence-electron chi connectivity index (χ1n) is 7.41. The van der Waals surface area contributed by atoms with Crippen LogP contribution in [0, 0.1) is 6.92 Å². The molecular formula is C17H21N3O4. The van der Waals surface area contributed by atoms with Crippen LogP contribution in [0.4, 0.5) is 0 Å². The molecule has 0 saturated heterocycles. The lowest BCUT2D eigenvalue weighted by Crippen LogP contribution is -2.25. The lowest BCUT2D eigenvalue weighted by Gasteiger charge is -2.12. The number of carbonyl (C=O) groups is 2. The van der Waals surface area contributed by atoms with Crippen LogP contribution >= 0.6 is 0 Å². The molecule has 7 heteroatoms. The number of hydrogen-bond acceptors (Lipinski definition) is 4. The summed E-state index contributed by atoms with van der Waals surface area (Å²) in [5.74, 6) is 0.173. The number of nitrogens with one attached hydrogen (secondary N) is 1. The maximum absolute atomic E-state index is 12.2. The molecule has 0 bridgehead atoms. The predicted octanol–water partition coefficient (Wildman–Crippen LogP) is 1.14. The number of aryl methyl sites for hydroxylation is 1. The summed E-state index contributed by atoms with van der Waals surface area (Å²) in [4.78, 5) is 23.0. The highest BCUT2D eigenvalue weighted by Crippen LogP contribution is 2.28. The molecule has 2 aromatic rings. The maximum atomic E-state index is 12.2. The van der Waals surface area contributed by atoms with Crippen LogP contribution in [-0.2, 0) is 18.4 Å². The first-order valence-corrected chi connectivity index (χ1v) is 7.41. The molecule has 0 aliphatic heterocycles. The highest BCUT2D eigenvalue weighted by Gasteiger charge is 2.12. The van der Waals surface area contributed by atoms with Crippen molar-refractivity contribution in [3.05, 3.63) is 47.3 Å². The molecule has 0 unspecified atom stereocenters. The maximum Gasteiger partial charge on any atom is 0.268 e. The number of hydrogen-bond donors (Lipinski definition) is 2. The number of amides is 2. The van der Waals surface area contributed by atoms with Gasteiger partial charge in [0.1, 0.15) is 5.69 Å². The van der Waals surface area contributed by atoms with Crippen LogP contribution in [0.2, 0.25) is 0 Å². The van der Waals surface area contributed by atoms with E-state index in [0.29, 0.717) is 23.7 Å². The summed E-state index contributed by atoms with van der Waals surface area (Å²) in [5, 5.41) is 2.86. The first kappa shape index (κ1) is 17.4. The Morgan fingerprint density at radius 1 is 1.21 bits per heavy atom. The molecule has 0 aliphatic carbocycles.